The second-order valence-corrected chi connectivity index (χ2v) is 7.24. The lowest BCUT2D eigenvalue weighted by molar-refractivity contribution is 0.0977. The number of benzene rings is 2. The molecule has 0 unspecified atom stereocenters. The van der Waals surface area contributed by atoms with E-state index >= 15 is 0 Å². The number of amides is 1. The predicted molar refractivity (Wildman–Crippen MR) is 113 cm³/mol. The van der Waals surface area contributed by atoms with Crippen LogP contribution in [0.4, 0.5) is 5.69 Å². The van der Waals surface area contributed by atoms with Gasteiger partial charge in [0, 0.05) is 17.3 Å². The molecule has 6 heteroatoms. The topological polar surface area (TPSA) is 59.6 Å². The molecule has 1 amide bonds. The third-order valence-electron chi connectivity index (χ3n) is 3.37. The highest BCUT2D eigenvalue weighted by Crippen LogP contribution is 2.19. The number of anilines is 1. The highest BCUT2D eigenvalue weighted by atomic mass is 32.1. The van der Waals surface area contributed by atoms with Gasteiger partial charge in [-0.25, -0.2) is 0 Å². The van der Waals surface area contributed by atoms with Crippen molar-refractivity contribution < 1.29 is 14.3 Å². The molecule has 0 aromatic heterocycles. The number of carbonyl (C=O) groups is 1. The van der Waals surface area contributed by atoms with Crippen molar-refractivity contribution in [2.24, 2.45) is 5.92 Å². The zero-order valence-corrected chi connectivity index (χ0v) is 16.9. The Labute approximate surface area is 166 Å². The van der Waals surface area contributed by atoms with Crippen molar-refractivity contribution in [1.29, 1.82) is 0 Å². The Bertz CT molecular complexity index is 791. The average Bonchev–Trinajstić information content (AvgIpc) is 2.59. The third kappa shape index (κ3) is 7.27. The Morgan fingerprint density at radius 1 is 1.04 bits per heavy atom. The van der Waals surface area contributed by atoms with Gasteiger partial charge in [0.2, 0.25) is 0 Å². The van der Waals surface area contributed by atoms with Crippen LogP contribution in [-0.2, 0) is 0 Å². The molecule has 2 aromatic carbocycles. The Morgan fingerprint density at radius 2 is 1.74 bits per heavy atom. The van der Waals surface area contributed by atoms with Gasteiger partial charge in [-0.3, -0.25) is 10.1 Å². The number of nitrogens with one attached hydrogen (secondary N) is 2. The predicted octanol–water partition coefficient (Wildman–Crippen LogP) is 4.64. The maximum Gasteiger partial charge on any atom is 0.257 e. The van der Waals surface area contributed by atoms with Crippen LogP contribution in [0.1, 0.15) is 38.1 Å². The van der Waals surface area contributed by atoms with Gasteiger partial charge in [0.15, 0.2) is 5.11 Å². The minimum Gasteiger partial charge on any atom is -0.493 e. The standard InChI is InChI=1S/C21H26N2O3S/c1-14(2)13-25-18-9-5-7-16(11-18)20(24)23-21(27)22-17-8-6-10-19(12-17)26-15(3)4/h5-12,14-15H,13H2,1-4H3,(H2,22,23,24,27). The summed E-state index contributed by atoms with van der Waals surface area (Å²) >= 11 is 5.25. The fourth-order valence-electron chi connectivity index (χ4n) is 2.25. The van der Waals surface area contributed by atoms with Crippen molar-refractivity contribution in [3.8, 4) is 11.5 Å². The monoisotopic (exact) mass is 386 g/mol. The van der Waals surface area contributed by atoms with Crippen LogP contribution in [0.5, 0.6) is 11.5 Å². The number of rotatable bonds is 7. The smallest absolute Gasteiger partial charge is 0.257 e. The largest absolute Gasteiger partial charge is 0.493 e. The van der Waals surface area contributed by atoms with E-state index in [-0.39, 0.29) is 17.1 Å². The Kier molecular flexibility index (Phi) is 7.61. The van der Waals surface area contributed by atoms with E-state index < -0.39 is 0 Å². The number of thiocarbonyl (C=S) groups is 1. The van der Waals surface area contributed by atoms with Crippen molar-refractivity contribution in [2.75, 3.05) is 11.9 Å². The van der Waals surface area contributed by atoms with E-state index in [1.54, 1.807) is 18.2 Å². The Hall–Kier alpha value is -2.60. The van der Waals surface area contributed by atoms with Crippen LogP contribution >= 0.6 is 12.2 Å². The lowest BCUT2D eigenvalue weighted by Gasteiger charge is -2.13. The van der Waals surface area contributed by atoms with Crippen LogP contribution < -0.4 is 20.1 Å². The molecule has 144 valence electrons. The molecule has 0 fully saturated rings. The number of ether oxygens (including phenoxy) is 2. The maximum absolute atomic E-state index is 12.4. The zero-order chi connectivity index (χ0) is 19.8. The van der Waals surface area contributed by atoms with Crippen molar-refractivity contribution in [3.05, 3.63) is 54.1 Å². The lowest BCUT2D eigenvalue weighted by atomic mass is 10.2. The summed E-state index contributed by atoms with van der Waals surface area (Å²) in [5, 5.41) is 5.90. The van der Waals surface area contributed by atoms with E-state index in [1.165, 1.54) is 0 Å². The van der Waals surface area contributed by atoms with Crippen molar-refractivity contribution in [1.82, 2.24) is 5.32 Å². The van der Waals surface area contributed by atoms with E-state index in [0.717, 1.165) is 11.4 Å². The Balaban J connectivity index is 1.95. The van der Waals surface area contributed by atoms with E-state index in [1.807, 2.05) is 44.2 Å². The molecule has 0 bridgehead atoms. The minimum atomic E-state index is -0.294. The second-order valence-electron chi connectivity index (χ2n) is 6.84. The fourth-order valence-corrected chi connectivity index (χ4v) is 2.46. The molecule has 2 aromatic rings. The summed E-state index contributed by atoms with van der Waals surface area (Å²) in [6, 6.07) is 14.5. The van der Waals surface area contributed by atoms with Crippen LogP contribution in [0.25, 0.3) is 0 Å². The van der Waals surface area contributed by atoms with Gasteiger partial charge < -0.3 is 14.8 Å². The normalized spacial score (nSPS) is 10.6. The average molecular weight is 387 g/mol. The molecular weight excluding hydrogens is 360 g/mol. The van der Waals surface area contributed by atoms with Crippen LogP contribution in [0.15, 0.2) is 48.5 Å². The van der Waals surface area contributed by atoms with Crippen LogP contribution in [0.3, 0.4) is 0 Å². The molecular formula is C21H26N2O3S. The third-order valence-corrected chi connectivity index (χ3v) is 3.57. The summed E-state index contributed by atoms with van der Waals surface area (Å²) in [4.78, 5) is 12.4. The summed E-state index contributed by atoms with van der Waals surface area (Å²) in [6.07, 6.45) is 0.0806. The molecule has 0 saturated heterocycles. The first-order chi connectivity index (χ1) is 12.8. The first-order valence-corrected chi connectivity index (χ1v) is 9.36. The molecule has 2 N–H and O–H groups in total. The molecule has 27 heavy (non-hydrogen) atoms. The molecule has 0 aliphatic heterocycles. The Morgan fingerprint density at radius 3 is 2.44 bits per heavy atom. The van der Waals surface area contributed by atoms with Gasteiger partial charge in [-0.05, 0) is 62.3 Å². The van der Waals surface area contributed by atoms with Gasteiger partial charge in [-0.1, -0.05) is 26.0 Å². The number of hydrogen-bond acceptors (Lipinski definition) is 4. The molecule has 0 saturated carbocycles. The maximum atomic E-state index is 12.4. The summed E-state index contributed by atoms with van der Waals surface area (Å²) in [5.41, 5.74) is 1.23. The second kappa shape index (κ2) is 9.92. The first-order valence-electron chi connectivity index (χ1n) is 8.95. The summed E-state index contributed by atoms with van der Waals surface area (Å²) in [6.45, 7) is 8.66. The van der Waals surface area contributed by atoms with Crippen LogP contribution in [-0.4, -0.2) is 23.7 Å². The molecule has 0 aliphatic rings. The highest BCUT2D eigenvalue weighted by molar-refractivity contribution is 7.80. The van der Waals surface area contributed by atoms with Gasteiger partial charge in [0.25, 0.3) is 5.91 Å². The molecule has 0 heterocycles. The highest BCUT2D eigenvalue weighted by Gasteiger charge is 2.10. The van der Waals surface area contributed by atoms with Crippen LogP contribution in [0, 0.1) is 5.92 Å². The van der Waals surface area contributed by atoms with Crippen LogP contribution in [0.2, 0.25) is 0 Å². The van der Waals surface area contributed by atoms with E-state index in [0.29, 0.717) is 23.8 Å². The molecule has 5 nitrogen and oxygen atoms in total. The lowest BCUT2D eigenvalue weighted by Crippen LogP contribution is -2.34. The van der Waals surface area contributed by atoms with Crippen molar-refractivity contribution >= 4 is 28.9 Å². The van der Waals surface area contributed by atoms with E-state index in [2.05, 4.69) is 24.5 Å². The number of carbonyl (C=O) groups excluding carboxylic acids is 1. The molecule has 0 radical (unpaired) electrons. The minimum absolute atomic E-state index is 0.0806. The van der Waals surface area contributed by atoms with Gasteiger partial charge in [0.05, 0.1) is 12.7 Å². The van der Waals surface area contributed by atoms with Gasteiger partial charge in [0.1, 0.15) is 11.5 Å². The molecule has 0 aliphatic carbocycles. The van der Waals surface area contributed by atoms with Gasteiger partial charge in [-0.15, -0.1) is 0 Å². The summed E-state index contributed by atoms with van der Waals surface area (Å²) in [7, 11) is 0. The summed E-state index contributed by atoms with van der Waals surface area (Å²) < 4.78 is 11.3. The quantitative estimate of drug-likeness (QED) is 0.679. The van der Waals surface area contributed by atoms with E-state index in [4.69, 9.17) is 21.7 Å². The molecule has 2 rings (SSSR count). The molecule has 0 spiro atoms. The molecule has 0 atom stereocenters. The zero-order valence-electron chi connectivity index (χ0n) is 16.1. The fraction of sp³-hybridized carbons (Fsp3) is 0.333. The van der Waals surface area contributed by atoms with Crippen molar-refractivity contribution in [2.45, 2.75) is 33.8 Å². The first kappa shape index (κ1) is 20.7. The van der Waals surface area contributed by atoms with Gasteiger partial charge >= 0.3 is 0 Å². The number of hydrogen-bond donors (Lipinski definition) is 2. The van der Waals surface area contributed by atoms with Gasteiger partial charge in [-0.2, -0.15) is 0 Å². The summed E-state index contributed by atoms with van der Waals surface area (Å²) in [5.74, 6) is 1.51. The van der Waals surface area contributed by atoms with Crippen molar-refractivity contribution in [3.63, 3.8) is 0 Å². The van der Waals surface area contributed by atoms with E-state index in [9.17, 15) is 4.79 Å². The SMILES string of the molecule is CC(C)COc1cccc(C(=O)NC(=S)Nc2cccc(OC(C)C)c2)c1.